The Morgan fingerprint density at radius 2 is 2.09 bits per heavy atom. The zero-order valence-electron chi connectivity index (χ0n) is 7.16. The van der Waals surface area contributed by atoms with Crippen molar-refractivity contribution in [1.29, 1.82) is 0 Å². The molecule has 0 aromatic carbocycles. The van der Waals surface area contributed by atoms with Crippen LogP contribution in [0.5, 0.6) is 0 Å². The highest BCUT2D eigenvalue weighted by atomic mass is 16.3. The number of hydrogen-bond acceptors (Lipinski definition) is 3. The third-order valence-corrected chi connectivity index (χ3v) is 1.58. The van der Waals surface area contributed by atoms with Gasteiger partial charge in [-0.3, -0.25) is 0 Å². The zero-order chi connectivity index (χ0) is 8.85. The van der Waals surface area contributed by atoms with Crippen molar-refractivity contribution >= 4 is 6.29 Å². The lowest BCUT2D eigenvalue weighted by Crippen LogP contribution is -2.35. The fraction of sp³-hybridized carbons (Fsp3) is 0.875. The standard InChI is InChI=1S/C8H17NO2/c1-6(2)5-7(9)8(11)3-4-10/h4,6-8,11H,3,5,9H2,1-2H3. The second-order valence-electron chi connectivity index (χ2n) is 3.26. The first-order chi connectivity index (χ1) is 5.07. The van der Waals surface area contributed by atoms with Gasteiger partial charge in [0, 0.05) is 12.5 Å². The molecule has 2 atom stereocenters. The summed E-state index contributed by atoms with van der Waals surface area (Å²) in [5, 5.41) is 9.21. The number of nitrogens with two attached hydrogens (primary N) is 1. The number of carbonyl (C=O) groups is 1. The highest BCUT2D eigenvalue weighted by Gasteiger charge is 2.14. The molecule has 0 amide bonds. The average Bonchev–Trinajstić information content (AvgIpc) is 1.86. The number of aliphatic hydroxyl groups is 1. The van der Waals surface area contributed by atoms with E-state index in [0.29, 0.717) is 12.2 Å². The van der Waals surface area contributed by atoms with E-state index in [1.165, 1.54) is 0 Å². The lowest BCUT2D eigenvalue weighted by molar-refractivity contribution is -0.109. The second kappa shape index (κ2) is 5.27. The van der Waals surface area contributed by atoms with E-state index in [1.807, 2.05) is 13.8 Å². The van der Waals surface area contributed by atoms with Crippen LogP contribution in [0, 0.1) is 5.92 Å². The van der Waals surface area contributed by atoms with Crippen molar-refractivity contribution in [2.45, 2.75) is 38.8 Å². The Morgan fingerprint density at radius 3 is 2.45 bits per heavy atom. The molecule has 66 valence electrons. The molecule has 2 unspecified atom stereocenters. The fourth-order valence-corrected chi connectivity index (χ4v) is 0.975. The second-order valence-corrected chi connectivity index (χ2v) is 3.26. The molecule has 0 aromatic heterocycles. The third-order valence-electron chi connectivity index (χ3n) is 1.58. The molecule has 3 heteroatoms. The van der Waals surface area contributed by atoms with Crippen molar-refractivity contribution < 1.29 is 9.90 Å². The topological polar surface area (TPSA) is 63.3 Å². The Bertz CT molecular complexity index is 115. The minimum absolute atomic E-state index is 0.147. The van der Waals surface area contributed by atoms with E-state index in [9.17, 15) is 9.90 Å². The maximum Gasteiger partial charge on any atom is 0.122 e. The summed E-state index contributed by atoms with van der Waals surface area (Å²) in [6.07, 6.45) is 0.934. The maximum atomic E-state index is 9.99. The molecule has 0 aromatic rings. The summed E-state index contributed by atoms with van der Waals surface area (Å²) < 4.78 is 0. The molecule has 3 N–H and O–H groups in total. The fourth-order valence-electron chi connectivity index (χ4n) is 0.975. The first-order valence-electron chi connectivity index (χ1n) is 3.95. The SMILES string of the molecule is CC(C)CC(N)C(O)CC=O. The monoisotopic (exact) mass is 159 g/mol. The summed E-state index contributed by atoms with van der Waals surface area (Å²) in [6.45, 7) is 4.07. The highest BCUT2D eigenvalue weighted by Crippen LogP contribution is 2.07. The lowest BCUT2D eigenvalue weighted by Gasteiger charge is -2.18. The number of carbonyl (C=O) groups excluding carboxylic acids is 1. The van der Waals surface area contributed by atoms with Crippen LogP contribution in [0.3, 0.4) is 0 Å². The van der Waals surface area contributed by atoms with Crippen LogP contribution in [-0.4, -0.2) is 23.5 Å². The maximum absolute atomic E-state index is 9.99. The lowest BCUT2D eigenvalue weighted by atomic mass is 9.99. The Hall–Kier alpha value is -0.410. The van der Waals surface area contributed by atoms with Crippen molar-refractivity contribution in [3.8, 4) is 0 Å². The van der Waals surface area contributed by atoms with Gasteiger partial charge in [0.25, 0.3) is 0 Å². The molecular formula is C8H17NO2. The number of aliphatic hydroxyl groups excluding tert-OH is 1. The molecule has 0 spiro atoms. The van der Waals surface area contributed by atoms with E-state index in [4.69, 9.17) is 5.73 Å². The molecule has 0 saturated heterocycles. The highest BCUT2D eigenvalue weighted by molar-refractivity contribution is 5.50. The van der Waals surface area contributed by atoms with E-state index in [2.05, 4.69) is 0 Å². The molecule has 0 aliphatic heterocycles. The first kappa shape index (κ1) is 10.6. The average molecular weight is 159 g/mol. The third kappa shape index (κ3) is 4.93. The van der Waals surface area contributed by atoms with Crippen LogP contribution in [0.15, 0.2) is 0 Å². The summed E-state index contributed by atoms with van der Waals surface area (Å²) in [5.41, 5.74) is 5.60. The van der Waals surface area contributed by atoms with Crippen LogP contribution >= 0.6 is 0 Å². The summed E-state index contributed by atoms with van der Waals surface area (Å²) in [4.78, 5) is 9.99. The molecule has 0 aliphatic rings. The van der Waals surface area contributed by atoms with Gasteiger partial charge in [0.1, 0.15) is 6.29 Å². The molecule has 0 aliphatic carbocycles. The van der Waals surface area contributed by atoms with E-state index in [0.717, 1.165) is 6.42 Å². The van der Waals surface area contributed by atoms with Crippen molar-refractivity contribution in [3.05, 3.63) is 0 Å². The number of hydrogen-bond donors (Lipinski definition) is 2. The zero-order valence-corrected chi connectivity index (χ0v) is 7.16. The molecule has 0 rings (SSSR count). The van der Waals surface area contributed by atoms with E-state index in [1.54, 1.807) is 0 Å². The van der Waals surface area contributed by atoms with Gasteiger partial charge in [-0.25, -0.2) is 0 Å². The van der Waals surface area contributed by atoms with Crippen LogP contribution in [-0.2, 0) is 4.79 Å². The van der Waals surface area contributed by atoms with Crippen LogP contribution in [0.25, 0.3) is 0 Å². The van der Waals surface area contributed by atoms with E-state index < -0.39 is 6.10 Å². The number of rotatable bonds is 5. The first-order valence-corrected chi connectivity index (χ1v) is 3.95. The molecule has 0 saturated carbocycles. The molecule has 0 radical (unpaired) electrons. The van der Waals surface area contributed by atoms with Gasteiger partial charge in [-0.2, -0.15) is 0 Å². The van der Waals surface area contributed by atoms with Crippen molar-refractivity contribution in [3.63, 3.8) is 0 Å². The van der Waals surface area contributed by atoms with Crippen molar-refractivity contribution in [2.24, 2.45) is 11.7 Å². The predicted octanol–water partition coefficient (Wildman–Crippen LogP) is 0.310. The normalized spacial score (nSPS) is 16.5. The quantitative estimate of drug-likeness (QED) is 0.567. The van der Waals surface area contributed by atoms with Gasteiger partial charge in [-0.15, -0.1) is 0 Å². The smallest absolute Gasteiger partial charge is 0.122 e. The molecular weight excluding hydrogens is 142 g/mol. The van der Waals surface area contributed by atoms with Gasteiger partial charge in [-0.05, 0) is 12.3 Å². The molecule has 0 heterocycles. The summed E-state index contributed by atoms with van der Waals surface area (Å²) in [7, 11) is 0. The van der Waals surface area contributed by atoms with Gasteiger partial charge in [0.2, 0.25) is 0 Å². The van der Waals surface area contributed by atoms with E-state index >= 15 is 0 Å². The summed E-state index contributed by atoms with van der Waals surface area (Å²) in [5.74, 6) is 0.464. The Balaban J connectivity index is 3.62. The van der Waals surface area contributed by atoms with Crippen LogP contribution < -0.4 is 5.73 Å². The van der Waals surface area contributed by atoms with Crippen LogP contribution in [0.2, 0.25) is 0 Å². The molecule has 3 nitrogen and oxygen atoms in total. The Labute approximate surface area is 67.6 Å². The molecule has 0 bridgehead atoms. The Kier molecular flexibility index (Phi) is 5.07. The van der Waals surface area contributed by atoms with Gasteiger partial charge >= 0.3 is 0 Å². The minimum atomic E-state index is -0.671. The summed E-state index contributed by atoms with van der Waals surface area (Å²) >= 11 is 0. The number of aldehydes is 1. The molecule has 11 heavy (non-hydrogen) atoms. The molecule has 0 fully saturated rings. The predicted molar refractivity (Wildman–Crippen MR) is 44.1 cm³/mol. The Morgan fingerprint density at radius 1 is 1.55 bits per heavy atom. The van der Waals surface area contributed by atoms with Crippen molar-refractivity contribution in [2.75, 3.05) is 0 Å². The largest absolute Gasteiger partial charge is 0.391 e. The van der Waals surface area contributed by atoms with Gasteiger partial charge in [0.05, 0.1) is 6.10 Å². The van der Waals surface area contributed by atoms with E-state index in [-0.39, 0.29) is 12.5 Å². The van der Waals surface area contributed by atoms with Crippen LogP contribution in [0.1, 0.15) is 26.7 Å². The van der Waals surface area contributed by atoms with Gasteiger partial charge in [-0.1, -0.05) is 13.8 Å². The minimum Gasteiger partial charge on any atom is -0.391 e. The summed E-state index contributed by atoms with van der Waals surface area (Å²) in [6, 6.07) is -0.264. The van der Waals surface area contributed by atoms with Crippen molar-refractivity contribution in [1.82, 2.24) is 0 Å². The van der Waals surface area contributed by atoms with Crippen LogP contribution in [0.4, 0.5) is 0 Å². The van der Waals surface area contributed by atoms with Gasteiger partial charge < -0.3 is 15.6 Å². The van der Waals surface area contributed by atoms with Gasteiger partial charge in [0.15, 0.2) is 0 Å².